The van der Waals surface area contributed by atoms with Gasteiger partial charge in [-0.2, -0.15) is 0 Å². The van der Waals surface area contributed by atoms with E-state index in [0.717, 1.165) is 12.5 Å². The van der Waals surface area contributed by atoms with Gasteiger partial charge in [0.15, 0.2) is 0 Å². The molecule has 2 aliphatic rings. The van der Waals surface area contributed by atoms with Crippen LogP contribution in [0, 0.1) is 17.6 Å². The molecule has 1 aromatic carbocycles. The fourth-order valence-corrected chi connectivity index (χ4v) is 3.09. The summed E-state index contributed by atoms with van der Waals surface area (Å²) >= 11 is 0. The normalized spacial score (nSPS) is 25.3. The summed E-state index contributed by atoms with van der Waals surface area (Å²) in [4.78, 5) is 0. The lowest BCUT2D eigenvalue weighted by atomic mass is 9.73. The summed E-state index contributed by atoms with van der Waals surface area (Å²) in [6.07, 6.45) is 10.5. The highest BCUT2D eigenvalue weighted by Crippen LogP contribution is 2.39. The Hall–Kier alpha value is -1.84. The van der Waals surface area contributed by atoms with Gasteiger partial charge in [0.05, 0.1) is 5.54 Å². The summed E-state index contributed by atoms with van der Waals surface area (Å²) in [7, 11) is 0. The van der Waals surface area contributed by atoms with E-state index in [-0.39, 0.29) is 11.3 Å². The zero-order chi connectivity index (χ0) is 14.9. The molecule has 2 nitrogen and oxygen atoms in total. The van der Waals surface area contributed by atoms with Gasteiger partial charge in [0.1, 0.15) is 17.4 Å². The third-order valence-electron chi connectivity index (χ3n) is 4.38. The first-order chi connectivity index (χ1) is 10.0. The van der Waals surface area contributed by atoms with Crippen LogP contribution in [0.15, 0.2) is 42.2 Å². The second-order valence-corrected chi connectivity index (χ2v) is 6.11. The van der Waals surface area contributed by atoms with Gasteiger partial charge < -0.3 is 10.4 Å². The summed E-state index contributed by atoms with van der Waals surface area (Å²) in [6.45, 7) is 0. The lowest BCUT2D eigenvalue weighted by molar-refractivity contribution is 0.256. The standard InChI is InChI=1S/C17H19F2NO/c18-13-8-14(19)10-15(9-13)20-17(11-12-2-1-3-12)6-4-16(21)5-7-17/h4-6,8-10,12,20-21H,1-3,7,11H2. The summed E-state index contributed by atoms with van der Waals surface area (Å²) < 4.78 is 26.7. The Balaban J connectivity index is 1.83. The molecule has 0 spiro atoms. The number of aliphatic hydroxyl groups excluding tert-OH is 1. The summed E-state index contributed by atoms with van der Waals surface area (Å²) in [5, 5.41) is 12.8. The predicted octanol–water partition coefficient (Wildman–Crippen LogP) is 4.71. The summed E-state index contributed by atoms with van der Waals surface area (Å²) in [6, 6.07) is 3.47. The van der Waals surface area contributed by atoms with Crippen molar-refractivity contribution in [1.29, 1.82) is 0 Å². The smallest absolute Gasteiger partial charge is 0.128 e. The highest BCUT2D eigenvalue weighted by atomic mass is 19.1. The quantitative estimate of drug-likeness (QED) is 0.842. The highest BCUT2D eigenvalue weighted by molar-refractivity contribution is 5.49. The molecule has 112 valence electrons. The van der Waals surface area contributed by atoms with Crippen LogP contribution in [-0.2, 0) is 0 Å². The molecule has 1 atom stereocenters. The summed E-state index contributed by atoms with van der Waals surface area (Å²) in [5.41, 5.74) is 0.0589. The van der Waals surface area contributed by atoms with E-state index in [4.69, 9.17) is 0 Å². The van der Waals surface area contributed by atoms with Crippen LogP contribution in [-0.4, -0.2) is 10.6 Å². The second-order valence-electron chi connectivity index (χ2n) is 6.11. The number of rotatable bonds is 4. The van der Waals surface area contributed by atoms with Gasteiger partial charge in [0, 0.05) is 11.8 Å². The van der Waals surface area contributed by atoms with Gasteiger partial charge in [0.25, 0.3) is 0 Å². The third-order valence-corrected chi connectivity index (χ3v) is 4.38. The van der Waals surface area contributed by atoms with Crippen molar-refractivity contribution in [1.82, 2.24) is 0 Å². The first kappa shape index (κ1) is 14.1. The van der Waals surface area contributed by atoms with Crippen LogP contribution >= 0.6 is 0 Å². The van der Waals surface area contributed by atoms with Gasteiger partial charge in [0.2, 0.25) is 0 Å². The van der Waals surface area contributed by atoms with Crippen molar-refractivity contribution in [2.75, 3.05) is 5.32 Å². The maximum atomic E-state index is 13.4. The molecule has 1 saturated carbocycles. The molecular formula is C17H19F2NO. The van der Waals surface area contributed by atoms with E-state index < -0.39 is 11.6 Å². The Morgan fingerprint density at radius 1 is 1.19 bits per heavy atom. The fourth-order valence-electron chi connectivity index (χ4n) is 3.09. The molecule has 0 bridgehead atoms. The zero-order valence-electron chi connectivity index (χ0n) is 11.8. The van der Waals surface area contributed by atoms with Crippen LogP contribution < -0.4 is 5.32 Å². The van der Waals surface area contributed by atoms with E-state index in [9.17, 15) is 13.9 Å². The highest BCUT2D eigenvalue weighted by Gasteiger charge is 2.33. The largest absolute Gasteiger partial charge is 0.508 e. The molecule has 21 heavy (non-hydrogen) atoms. The van der Waals surface area contributed by atoms with Gasteiger partial charge in [-0.1, -0.05) is 25.3 Å². The van der Waals surface area contributed by atoms with Crippen molar-refractivity contribution in [3.05, 3.63) is 53.8 Å². The molecule has 0 aliphatic heterocycles. The number of halogens is 2. The maximum absolute atomic E-state index is 13.4. The summed E-state index contributed by atoms with van der Waals surface area (Å²) in [5.74, 6) is -0.301. The minimum atomic E-state index is -0.588. The molecule has 4 heteroatoms. The number of allylic oxidation sites excluding steroid dienone is 1. The number of aliphatic hydroxyl groups is 1. The van der Waals surface area contributed by atoms with Crippen LogP contribution in [0.4, 0.5) is 14.5 Å². The first-order valence-electron chi connectivity index (χ1n) is 7.37. The Labute approximate surface area is 123 Å². The Bertz CT molecular complexity index is 572. The van der Waals surface area contributed by atoms with E-state index in [1.54, 1.807) is 12.2 Å². The van der Waals surface area contributed by atoms with Crippen LogP contribution in [0.2, 0.25) is 0 Å². The number of hydrogen-bond acceptors (Lipinski definition) is 2. The Morgan fingerprint density at radius 2 is 1.90 bits per heavy atom. The molecular weight excluding hydrogens is 272 g/mol. The number of benzene rings is 1. The van der Waals surface area contributed by atoms with Crippen LogP contribution in [0.1, 0.15) is 32.1 Å². The van der Waals surface area contributed by atoms with Crippen molar-refractivity contribution in [3.63, 3.8) is 0 Å². The molecule has 3 rings (SSSR count). The van der Waals surface area contributed by atoms with Gasteiger partial charge >= 0.3 is 0 Å². The Kier molecular flexibility index (Phi) is 3.70. The van der Waals surface area contributed by atoms with E-state index in [1.165, 1.54) is 31.4 Å². The first-order valence-corrected chi connectivity index (χ1v) is 7.37. The number of anilines is 1. The van der Waals surface area contributed by atoms with Crippen molar-refractivity contribution < 1.29 is 13.9 Å². The molecule has 1 aromatic rings. The minimum Gasteiger partial charge on any atom is -0.508 e. The molecule has 2 N–H and O–H groups in total. The van der Waals surface area contributed by atoms with Crippen LogP contribution in [0.3, 0.4) is 0 Å². The fraction of sp³-hybridized carbons (Fsp3) is 0.412. The Morgan fingerprint density at radius 3 is 2.43 bits per heavy atom. The molecule has 1 fully saturated rings. The van der Waals surface area contributed by atoms with Gasteiger partial charge in [-0.15, -0.1) is 0 Å². The monoisotopic (exact) mass is 291 g/mol. The second kappa shape index (κ2) is 5.51. The molecule has 0 amide bonds. The van der Waals surface area contributed by atoms with E-state index in [2.05, 4.69) is 5.32 Å². The topological polar surface area (TPSA) is 32.3 Å². The molecule has 1 unspecified atom stereocenters. The molecule has 0 radical (unpaired) electrons. The average Bonchev–Trinajstić information content (AvgIpc) is 2.37. The lowest BCUT2D eigenvalue weighted by Gasteiger charge is -2.39. The average molecular weight is 291 g/mol. The third kappa shape index (κ3) is 3.26. The van der Waals surface area contributed by atoms with E-state index >= 15 is 0 Å². The molecule has 0 heterocycles. The maximum Gasteiger partial charge on any atom is 0.128 e. The van der Waals surface area contributed by atoms with Crippen molar-refractivity contribution in [2.24, 2.45) is 5.92 Å². The molecule has 2 aliphatic carbocycles. The number of nitrogens with one attached hydrogen (secondary N) is 1. The van der Waals surface area contributed by atoms with Crippen molar-refractivity contribution in [2.45, 2.75) is 37.6 Å². The van der Waals surface area contributed by atoms with Gasteiger partial charge in [-0.3, -0.25) is 0 Å². The predicted molar refractivity (Wildman–Crippen MR) is 79.1 cm³/mol. The zero-order valence-corrected chi connectivity index (χ0v) is 11.8. The minimum absolute atomic E-state index is 0.242. The van der Waals surface area contributed by atoms with E-state index in [0.29, 0.717) is 18.0 Å². The number of hydrogen-bond donors (Lipinski definition) is 2. The lowest BCUT2D eigenvalue weighted by Crippen LogP contribution is -2.40. The van der Waals surface area contributed by atoms with E-state index in [1.807, 2.05) is 6.08 Å². The molecule has 0 aromatic heterocycles. The SMILES string of the molecule is OC1=CCC(CC2CCC2)(Nc2cc(F)cc(F)c2)C=C1. The van der Waals surface area contributed by atoms with Crippen LogP contribution in [0.5, 0.6) is 0 Å². The van der Waals surface area contributed by atoms with Crippen molar-refractivity contribution >= 4 is 5.69 Å². The van der Waals surface area contributed by atoms with Crippen LogP contribution in [0.25, 0.3) is 0 Å². The van der Waals surface area contributed by atoms with Gasteiger partial charge in [-0.25, -0.2) is 8.78 Å². The molecule has 0 saturated heterocycles. The van der Waals surface area contributed by atoms with Gasteiger partial charge in [-0.05, 0) is 43.0 Å². The van der Waals surface area contributed by atoms with Crippen molar-refractivity contribution in [3.8, 4) is 0 Å².